The molecule has 0 aliphatic carbocycles. The average molecular weight is 300 g/mol. The summed E-state index contributed by atoms with van der Waals surface area (Å²) >= 11 is 0. The number of nitro groups is 1. The van der Waals surface area contributed by atoms with Gasteiger partial charge in [-0.2, -0.15) is 0 Å². The zero-order valence-corrected chi connectivity index (χ0v) is 11.9. The molecular weight excluding hydrogens is 284 g/mol. The number of amides is 1. The molecule has 0 saturated heterocycles. The molecule has 0 atom stereocenters. The molecule has 0 saturated carbocycles. The lowest BCUT2D eigenvalue weighted by Gasteiger charge is -2.07. The molecule has 6 heteroatoms. The number of hydrogen-bond acceptors (Lipinski definition) is 4. The number of phenolic OH excluding ortho intramolecular Hbond substituents is 1. The predicted molar refractivity (Wildman–Crippen MR) is 81.4 cm³/mol. The van der Waals surface area contributed by atoms with Crippen molar-refractivity contribution in [1.29, 1.82) is 0 Å². The molecule has 2 aromatic rings. The highest BCUT2D eigenvalue weighted by Crippen LogP contribution is 2.22. The van der Waals surface area contributed by atoms with Gasteiger partial charge < -0.3 is 10.4 Å². The van der Waals surface area contributed by atoms with E-state index in [1.807, 2.05) is 30.3 Å². The highest BCUT2D eigenvalue weighted by atomic mass is 16.6. The van der Waals surface area contributed by atoms with Gasteiger partial charge in [-0.05, 0) is 18.1 Å². The average Bonchev–Trinajstić information content (AvgIpc) is 2.53. The number of nitrogens with zero attached hydrogens (tertiary/aromatic N) is 1. The van der Waals surface area contributed by atoms with Crippen molar-refractivity contribution >= 4 is 11.6 Å². The molecule has 114 valence electrons. The molecule has 6 nitrogen and oxygen atoms in total. The second-order valence-electron chi connectivity index (χ2n) is 4.83. The second kappa shape index (κ2) is 7.21. The monoisotopic (exact) mass is 300 g/mol. The van der Waals surface area contributed by atoms with E-state index < -0.39 is 4.92 Å². The van der Waals surface area contributed by atoms with Crippen molar-refractivity contribution in [3.8, 4) is 5.75 Å². The van der Waals surface area contributed by atoms with Gasteiger partial charge in [0.1, 0.15) is 5.75 Å². The van der Waals surface area contributed by atoms with Gasteiger partial charge in [0.25, 0.3) is 5.69 Å². The van der Waals surface area contributed by atoms with Crippen LogP contribution in [0.2, 0.25) is 0 Å². The van der Waals surface area contributed by atoms with Crippen LogP contribution in [0.5, 0.6) is 5.75 Å². The first-order valence-corrected chi connectivity index (χ1v) is 6.83. The van der Waals surface area contributed by atoms with E-state index in [4.69, 9.17) is 0 Å². The van der Waals surface area contributed by atoms with E-state index in [9.17, 15) is 20.0 Å². The van der Waals surface area contributed by atoms with Crippen molar-refractivity contribution in [2.24, 2.45) is 0 Å². The summed E-state index contributed by atoms with van der Waals surface area (Å²) in [4.78, 5) is 22.0. The van der Waals surface area contributed by atoms with E-state index in [-0.39, 0.29) is 23.9 Å². The molecule has 0 heterocycles. The normalized spacial score (nSPS) is 10.2. The third-order valence-electron chi connectivity index (χ3n) is 3.23. The Morgan fingerprint density at radius 2 is 1.91 bits per heavy atom. The van der Waals surface area contributed by atoms with Crippen LogP contribution >= 0.6 is 0 Å². The Morgan fingerprint density at radius 1 is 1.18 bits per heavy atom. The number of aryl methyl sites for hydroxylation is 1. The van der Waals surface area contributed by atoms with E-state index >= 15 is 0 Å². The summed E-state index contributed by atoms with van der Waals surface area (Å²) in [5.41, 5.74) is 1.27. The first-order valence-electron chi connectivity index (χ1n) is 6.83. The Labute approximate surface area is 127 Å². The number of carbonyl (C=O) groups excluding carboxylic acids is 1. The zero-order valence-electron chi connectivity index (χ0n) is 11.9. The predicted octanol–water partition coefficient (Wildman–Crippen LogP) is 2.55. The lowest BCUT2D eigenvalue weighted by Crippen LogP contribution is -2.23. The van der Waals surface area contributed by atoms with Crippen LogP contribution in [0.1, 0.15) is 17.5 Å². The van der Waals surface area contributed by atoms with Gasteiger partial charge in [-0.3, -0.25) is 14.9 Å². The van der Waals surface area contributed by atoms with Crippen molar-refractivity contribution in [3.05, 3.63) is 69.8 Å². The number of nitro benzene ring substituents is 1. The number of hydrogen-bond donors (Lipinski definition) is 2. The maximum absolute atomic E-state index is 11.8. The number of rotatable bonds is 6. The molecule has 0 aromatic heterocycles. The summed E-state index contributed by atoms with van der Waals surface area (Å²) in [6, 6.07) is 13.4. The molecule has 22 heavy (non-hydrogen) atoms. The van der Waals surface area contributed by atoms with E-state index in [0.717, 1.165) is 5.56 Å². The smallest absolute Gasteiger partial charge is 0.270 e. The molecule has 0 spiro atoms. The fourth-order valence-corrected chi connectivity index (χ4v) is 2.01. The van der Waals surface area contributed by atoms with Crippen LogP contribution in [0.25, 0.3) is 0 Å². The summed E-state index contributed by atoms with van der Waals surface area (Å²) in [6.45, 7) is 0.0567. The number of nitrogens with one attached hydrogen (secondary N) is 1. The molecular formula is C16H16N2O4. The minimum Gasteiger partial charge on any atom is -0.508 e. The van der Waals surface area contributed by atoms with Gasteiger partial charge in [0.2, 0.25) is 5.91 Å². The molecule has 2 aromatic carbocycles. The van der Waals surface area contributed by atoms with Crippen molar-refractivity contribution in [1.82, 2.24) is 5.32 Å². The van der Waals surface area contributed by atoms with Gasteiger partial charge in [0, 0.05) is 30.7 Å². The molecule has 1 amide bonds. The highest BCUT2D eigenvalue weighted by molar-refractivity contribution is 5.76. The van der Waals surface area contributed by atoms with E-state index in [2.05, 4.69) is 5.32 Å². The van der Waals surface area contributed by atoms with Crippen LogP contribution < -0.4 is 5.32 Å². The third kappa shape index (κ3) is 4.31. The Kier molecular flexibility index (Phi) is 5.08. The largest absolute Gasteiger partial charge is 0.508 e. The fraction of sp³-hybridized carbons (Fsp3) is 0.188. The number of aromatic hydroxyl groups is 1. The lowest BCUT2D eigenvalue weighted by atomic mass is 10.1. The topological polar surface area (TPSA) is 92.5 Å². The van der Waals surface area contributed by atoms with Crippen LogP contribution in [-0.4, -0.2) is 15.9 Å². The number of non-ortho nitro benzene ring substituents is 1. The standard InChI is InChI=1S/C16H16N2O4/c19-15-8-7-14(18(21)22)10-13(15)11-17-16(20)9-6-12-4-2-1-3-5-12/h1-5,7-8,10,19H,6,9,11H2,(H,17,20). The van der Waals surface area contributed by atoms with Gasteiger partial charge >= 0.3 is 0 Å². The third-order valence-corrected chi connectivity index (χ3v) is 3.23. The zero-order chi connectivity index (χ0) is 15.9. The lowest BCUT2D eigenvalue weighted by molar-refractivity contribution is -0.384. The molecule has 2 rings (SSSR count). The first kappa shape index (κ1) is 15.5. The van der Waals surface area contributed by atoms with Crippen LogP contribution in [0, 0.1) is 10.1 Å². The SMILES string of the molecule is O=C(CCc1ccccc1)NCc1cc([N+](=O)[O-])ccc1O. The second-order valence-corrected chi connectivity index (χ2v) is 4.83. The minimum atomic E-state index is -0.542. The first-order chi connectivity index (χ1) is 10.6. The van der Waals surface area contributed by atoms with Crippen molar-refractivity contribution in [2.45, 2.75) is 19.4 Å². The van der Waals surface area contributed by atoms with Crippen LogP contribution in [0.15, 0.2) is 48.5 Å². The van der Waals surface area contributed by atoms with Crippen molar-refractivity contribution < 1.29 is 14.8 Å². The molecule has 0 radical (unpaired) electrons. The number of benzene rings is 2. The van der Waals surface area contributed by atoms with E-state index in [1.54, 1.807) is 0 Å². The molecule has 0 aliphatic rings. The van der Waals surface area contributed by atoms with Crippen LogP contribution in [0.3, 0.4) is 0 Å². The highest BCUT2D eigenvalue weighted by Gasteiger charge is 2.11. The molecule has 2 N–H and O–H groups in total. The van der Waals surface area contributed by atoms with Crippen LogP contribution in [0.4, 0.5) is 5.69 Å². The number of carbonyl (C=O) groups is 1. The summed E-state index contributed by atoms with van der Waals surface area (Å²) in [5, 5.41) is 23.0. The Hall–Kier alpha value is -2.89. The quantitative estimate of drug-likeness (QED) is 0.633. The summed E-state index contributed by atoms with van der Waals surface area (Å²) in [7, 11) is 0. The van der Waals surface area contributed by atoms with Gasteiger partial charge in [-0.25, -0.2) is 0 Å². The Bertz CT molecular complexity index is 671. The van der Waals surface area contributed by atoms with Crippen molar-refractivity contribution in [2.75, 3.05) is 0 Å². The molecule has 0 aliphatic heterocycles. The summed E-state index contributed by atoms with van der Waals surface area (Å²) in [5.74, 6) is -0.247. The van der Waals surface area contributed by atoms with E-state index in [1.165, 1.54) is 18.2 Å². The Morgan fingerprint density at radius 3 is 2.59 bits per heavy atom. The van der Waals surface area contributed by atoms with Crippen molar-refractivity contribution in [3.63, 3.8) is 0 Å². The van der Waals surface area contributed by atoms with Gasteiger partial charge in [-0.15, -0.1) is 0 Å². The molecule has 0 fully saturated rings. The summed E-state index contributed by atoms with van der Waals surface area (Å²) < 4.78 is 0. The maximum atomic E-state index is 11.8. The minimum absolute atomic E-state index is 0.0567. The number of phenols is 1. The van der Waals surface area contributed by atoms with E-state index in [0.29, 0.717) is 18.4 Å². The molecule has 0 bridgehead atoms. The van der Waals surface area contributed by atoms with Gasteiger partial charge in [-0.1, -0.05) is 30.3 Å². The van der Waals surface area contributed by atoms with Gasteiger partial charge in [0.05, 0.1) is 4.92 Å². The van der Waals surface area contributed by atoms with Gasteiger partial charge in [0.15, 0.2) is 0 Å². The maximum Gasteiger partial charge on any atom is 0.270 e. The summed E-state index contributed by atoms with van der Waals surface area (Å²) in [6.07, 6.45) is 0.938. The Balaban J connectivity index is 1.88. The van der Waals surface area contributed by atoms with Crippen LogP contribution in [-0.2, 0) is 17.8 Å². The molecule has 0 unspecified atom stereocenters. The fourth-order valence-electron chi connectivity index (χ4n) is 2.01.